The van der Waals surface area contributed by atoms with E-state index in [4.69, 9.17) is 0 Å². The largest absolute Gasteiger partial charge is 0.289 e. The Morgan fingerprint density at radius 1 is 1.33 bits per heavy atom. The third-order valence-corrected chi connectivity index (χ3v) is 4.51. The van der Waals surface area contributed by atoms with Gasteiger partial charge in [0, 0.05) is 18.6 Å². The average molecular weight is 319 g/mol. The maximum Gasteiger partial charge on any atom is 0.266 e. The zero-order valence-corrected chi connectivity index (χ0v) is 12.6. The van der Waals surface area contributed by atoms with Gasteiger partial charge in [0.2, 0.25) is 5.13 Å². The fourth-order valence-corrected chi connectivity index (χ4v) is 3.24. The minimum Gasteiger partial charge on any atom is -0.289 e. The average Bonchev–Trinajstić information content (AvgIpc) is 3.07. The number of benzene rings is 1. The van der Waals surface area contributed by atoms with Crippen LogP contribution in [0.4, 0.5) is 9.52 Å². The molecule has 2 aromatic rings. The number of halogens is 1. The van der Waals surface area contributed by atoms with E-state index >= 15 is 0 Å². The molecule has 0 radical (unpaired) electrons. The fourth-order valence-electron chi connectivity index (χ4n) is 1.71. The predicted molar refractivity (Wildman–Crippen MR) is 83.9 cm³/mol. The van der Waals surface area contributed by atoms with Crippen molar-refractivity contribution < 1.29 is 9.18 Å². The predicted octanol–water partition coefficient (Wildman–Crippen LogP) is 3.52. The molecule has 3 rings (SSSR count). The number of rotatable bonds is 2. The second-order valence-corrected chi connectivity index (χ2v) is 6.12. The van der Waals surface area contributed by atoms with Crippen LogP contribution >= 0.6 is 23.1 Å². The van der Waals surface area contributed by atoms with Crippen molar-refractivity contribution in [2.75, 3.05) is 7.05 Å². The first-order valence-corrected chi connectivity index (χ1v) is 7.74. The normalized spacial score (nSPS) is 19.0. The molecule has 1 aliphatic rings. The molecule has 0 saturated carbocycles. The minimum absolute atomic E-state index is 0.125. The van der Waals surface area contributed by atoms with E-state index in [9.17, 15) is 9.18 Å². The number of aliphatic imine (C=N–C) groups is 1. The summed E-state index contributed by atoms with van der Waals surface area (Å²) in [4.78, 5) is 22.6. The monoisotopic (exact) mass is 319 g/mol. The van der Waals surface area contributed by atoms with Gasteiger partial charge in [-0.15, -0.1) is 11.3 Å². The number of aromatic nitrogens is 1. The first kappa shape index (κ1) is 14.0. The number of thiazole rings is 1. The van der Waals surface area contributed by atoms with Crippen LogP contribution in [0.2, 0.25) is 0 Å². The van der Waals surface area contributed by atoms with Gasteiger partial charge in [0.05, 0.1) is 4.91 Å². The van der Waals surface area contributed by atoms with Crippen LogP contribution in [0, 0.1) is 5.82 Å². The van der Waals surface area contributed by atoms with Crippen LogP contribution in [0.25, 0.3) is 6.08 Å². The van der Waals surface area contributed by atoms with E-state index in [0.29, 0.717) is 15.2 Å². The number of hydrogen-bond donors (Lipinski definition) is 0. The van der Waals surface area contributed by atoms with E-state index in [1.54, 1.807) is 31.5 Å². The molecule has 0 spiro atoms. The van der Waals surface area contributed by atoms with Crippen molar-refractivity contribution in [2.24, 2.45) is 4.99 Å². The summed E-state index contributed by atoms with van der Waals surface area (Å²) in [7, 11) is 1.67. The molecule has 7 heteroatoms. The van der Waals surface area contributed by atoms with Crippen molar-refractivity contribution >= 4 is 45.4 Å². The van der Waals surface area contributed by atoms with Gasteiger partial charge in [-0.2, -0.15) is 4.99 Å². The van der Waals surface area contributed by atoms with Gasteiger partial charge >= 0.3 is 0 Å². The molecule has 4 nitrogen and oxygen atoms in total. The van der Waals surface area contributed by atoms with Crippen molar-refractivity contribution in [3.8, 4) is 0 Å². The smallest absolute Gasteiger partial charge is 0.266 e. The number of likely N-dealkylation sites (N-methyl/N-ethyl adjacent to an activating group) is 1. The molecule has 1 aromatic heterocycles. The van der Waals surface area contributed by atoms with E-state index in [0.717, 1.165) is 5.56 Å². The van der Waals surface area contributed by atoms with Gasteiger partial charge < -0.3 is 0 Å². The number of carbonyl (C=O) groups excluding carboxylic acids is 1. The van der Waals surface area contributed by atoms with Crippen LogP contribution < -0.4 is 0 Å². The van der Waals surface area contributed by atoms with Gasteiger partial charge in [0.15, 0.2) is 5.17 Å². The number of thioether (sulfide) groups is 1. The van der Waals surface area contributed by atoms with Crippen LogP contribution in [-0.2, 0) is 4.79 Å². The fraction of sp³-hybridized carbons (Fsp3) is 0.0714. The Kier molecular flexibility index (Phi) is 3.85. The second-order valence-electron chi connectivity index (χ2n) is 4.24. The van der Waals surface area contributed by atoms with E-state index in [-0.39, 0.29) is 11.7 Å². The lowest BCUT2D eigenvalue weighted by Gasteiger charge is -2.05. The van der Waals surface area contributed by atoms with Gasteiger partial charge in [0.25, 0.3) is 5.91 Å². The molecule has 0 aliphatic carbocycles. The van der Waals surface area contributed by atoms with E-state index in [2.05, 4.69) is 9.98 Å². The number of carbonyl (C=O) groups is 1. The van der Waals surface area contributed by atoms with E-state index in [1.165, 1.54) is 40.1 Å². The Bertz CT molecular complexity index is 723. The van der Waals surface area contributed by atoms with E-state index < -0.39 is 0 Å². The molecule has 0 N–H and O–H groups in total. The van der Waals surface area contributed by atoms with Crippen molar-refractivity contribution in [3.05, 3.63) is 52.1 Å². The molecule has 1 fully saturated rings. The van der Waals surface area contributed by atoms with Crippen molar-refractivity contribution in [2.45, 2.75) is 0 Å². The molecule has 0 bridgehead atoms. The molecule has 1 saturated heterocycles. The highest BCUT2D eigenvalue weighted by molar-refractivity contribution is 8.18. The Hall–Kier alpha value is -1.99. The summed E-state index contributed by atoms with van der Waals surface area (Å²) in [6, 6.07) is 5.99. The minimum atomic E-state index is -0.300. The second kappa shape index (κ2) is 5.79. The lowest BCUT2D eigenvalue weighted by molar-refractivity contribution is -0.121. The number of nitrogens with zero attached hydrogens (tertiary/aromatic N) is 3. The Morgan fingerprint density at radius 2 is 2.10 bits per heavy atom. The maximum absolute atomic E-state index is 12.9. The maximum atomic E-state index is 12.9. The van der Waals surface area contributed by atoms with Crippen molar-refractivity contribution in [1.82, 2.24) is 9.88 Å². The third kappa shape index (κ3) is 3.03. The van der Waals surface area contributed by atoms with Gasteiger partial charge in [-0.1, -0.05) is 12.1 Å². The third-order valence-electron chi connectivity index (χ3n) is 2.78. The number of amides is 1. The molecular formula is C14H10FN3OS2. The summed E-state index contributed by atoms with van der Waals surface area (Å²) in [5.41, 5.74) is 0.774. The molecule has 21 heavy (non-hydrogen) atoms. The number of hydrogen-bond acceptors (Lipinski definition) is 5. The molecular weight excluding hydrogens is 309 g/mol. The van der Waals surface area contributed by atoms with Gasteiger partial charge in [-0.3, -0.25) is 9.69 Å². The zero-order chi connectivity index (χ0) is 14.8. The SMILES string of the molecule is CN1C(=O)/C(=C/c2ccc(F)cc2)S/C1=N/c1nccs1. The molecule has 106 valence electrons. The summed E-state index contributed by atoms with van der Waals surface area (Å²) >= 11 is 2.69. The molecule has 1 aromatic carbocycles. The van der Waals surface area contributed by atoms with Gasteiger partial charge in [-0.05, 0) is 35.5 Å². The zero-order valence-electron chi connectivity index (χ0n) is 11.0. The molecule has 1 amide bonds. The van der Waals surface area contributed by atoms with Crippen LogP contribution in [0.1, 0.15) is 5.56 Å². The summed E-state index contributed by atoms with van der Waals surface area (Å²) in [5.74, 6) is -0.426. The molecule has 1 aliphatic heterocycles. The topological polar surface area (TPSA) is 45.6 Å². The number of amidine groups is 1. The summed E-state index contributed by atoms with van der Waals surface area (Å²) in [5, 5.41) is 3.03. The van der Waals surface area contributed by atoms with Crippen LogP contribution in [0.5, 0.6) is 0 Å². The lowest BCUT2D eigenvalue weighted by Crippen LogP contribution is -2.23. The Balaban J connectivity index is 1.88. The highest BCUT2D eigenvalue weighted by Gasteiger charge is 2.30. The first-order chi connectivity index (χ1) is 10.1. The Labute approximate surface area is 129 Å². The molecule has 0 atom stereocenters. The summed E-state index contributed by atoms with van der Waals surface area (Å²) in [6.07, 6.45) is 3.40. The van der Waals surface area contributed by atoms with Crippen LogP contribution in [0.15, 0.2) is 45.7 Å². The molecule has 0 unspecified atom stereocenters. The summed E-state index contributed by atoms with van der Waals surface area (Å²) < 4.78 is 12.9. The van der Waals surface area contributed by atoms with Crippen molar-refractivity contribution in [1.29, 1.82) is 0 Å². The van der Waals surface area contributed by atoms with E-state index in [1.807, 2.05) is 5.38 Å². The molecule has 2 heterocycles. The van der Waals surface area contributed by atoms with Gasteiger partial charge in [0.1, 0.15) is 5.82 Å². The van der Waals surface area contributed by atoms with Gasteiger partial charge in [-0.25, -0.2) is 9.37 Å². The highest BCUT2D eigenvalue weighted by Crippen LogP contribution is 2.33. The highest BCUT2D eigenvalue weighted by atomic mass is 32.2. The quantitative estimate of drug-likeness (QED) is 0.796. The van der Waals surface area contributed by atoms with Crippen LogP contribution in [0.3, 0.4) is 0 Å². The lowest BCUT2D eigenvalue weighted by atomic mass is 10.2. The standard InChI is InChI=1S/C14H10FN3OS2/c1-18-12(19)11(8-9-2-4-10(15)5-3-9)21-14(18)17-13-16-6-7-20-13/h2-8H,1H3/b11-8-,17-14+. The summed E-state index contributed by atoms with van der Waals surface area (Å²) in [6.45, 7) is 0. The Morgan fingerprint density at radius 3 is 2.76 bits per heavy atom. The van der Waals surface area contributed by atoms with Crippen molar-refractivity contribution in [3.63, 3.8) is 0 Å². The first-order valence-electron chi connectivity index (χ1n) is 6.05. The van der Waals surface area contributed by atoms with Crippen LogP contribution in [-0.4, -0.2) is 28.0 Å².